The number of carbonyl (C=O) groups excluding carboxylic acids is 1. The molecule has 1 aliphatic rings. The topological polar surface area (TPSA) is 106 Å². The minimum atomic E-state index is -3.71. The molecular formula is C16H26ClN3O5S. The number of halogens is 1. The lowest BCUT2D eigenvalue weighted by molar-refractivity contribution is -0.120. The molecule has 0 unspecified atom stereocenters. The molecular weight excluding hydrogens is 382 g/mol. The third-order valence-corrected chi connectivity index (χ3v) is 5.01. The van der Waals surface area contributed by atoms with Crippen molar-refractivity contribution in [1.82, 2.24) is 15.4 Å². The summed E-state index contributed by atoms with van der Waals surface area (Å²) in [4.78, 5) is 11.7. The molecule has 1 aromatic rings. The average molecular weight is 408 g/mol. The molecule has 1 aliphatic heterocycles. The first-order valence-electron chi connectivity index (χ1n) is 8.39. The van der Waals surface area contributed by atoms with Crippen molar-refractivity contribution in [2.75, 3.05) is 39.4 Å². The number of nitrogens with one attached hydrogen (secondary N) is 3. The molecule has 8 nitrogen and oxygen atoms in total. The summed E-state index contributed by atoms with van der Waals surface area (Å²) >= 11 is 0. The van der Waals surface area contributed by atoms with Crippen LogP contribution in [0.2, 0.25) is 0 Å². The highest BCUT2D eigenvalue weighted by Gasteiger charge is 2.18. The molecule has 2 rings (SSSR count). The van der Waals surface area contributed by atoms with E-state index in [-0.39, 0.29) is 36.2 Å². The number of rotatable bonds is 9. The van der Waals surface area contributed by atoms with Gasteiger partial charge in [-0.25, -0.2) is 13.1 Å². The Bertz CT molecular complexity index is 684. The van der Waals surface area contributed by atoms with Gasteiger partial charge >= 0.3 is 0 Å². The highest BCUT2D eigenvalue weighted by Crippen LogP contribution is 2.31. The van der Waals surface area contributed by atoms with Crippen LogP contribution in [0.1, 0.15) is 19.8 Å². The third kappa shape index (κ3) is 6.99. The molecule has 0 aromatic heterocycles. The zero-order valence-electron chi connectivity index (χ0n) is 14.7. The van der Waals surface area contributed by atoms with Crippen LogP contribution >= 0.6 is 12.4 Å². The fraction of sp³-hybridized carbons (Fsp3) is 0.562. The van der Waals surface area contributed by atoms with Gasteiger partial charge < -0.3 is 20.1 Å². The normalized spacial score (nSPS) is 13.4. The van der Waals surface area contributed by atoms with Crippen LogP contribution in [0.4, 0.5) is 0 Å². The number of benzene rings is 1. The molecule has 3 N–H and O–H groups in total. The van der Waals surface area contributed by atoms with Crippen LogP contribution in [0.3, 0.4) is 0 Å². The van der Waals surface area contributed by atoms with Crippen molar-refractivity contribution in [2.45, 2.75) is 24.7 Å². The Kier molecular flexibility index (Phi) is 9.71. The average Bonchev–Trinajstić information content (AvgIpc) is 2.83. The second-order valence-corrected chi connectivity index (χ2v) is 7.28. The summed E-state index contributed by atoms with van der Waals surface area (Å²) in [5.41, 5.74) is 0. The van der Waals surface area contributed by atoms with E-state index >= 15 is 0 Å². The Morgan fingerprint density at radius 3 is 2.58 bits per heavy atom. The van der Waals surface area contributed by atoms with E-state index in [4.69, 9.17) is 9.47 Å². The summed E-state index contributed by atoms with van der Waals surface area (Å²) in [6, 6.07) is 4.49. The number of sulfonamides is 1. The number of ether oxygens (including phenoxy) is 2. The van der Waals surface area contributed by atoms with Gasteiger partial charge in [-0.2, -0.15) is 0 Å². The second-order valence-electron chi connectivity index (χ2n) is 5.51. The molecule has 0 saturated carbocycles. The predicted molar refractivity (Wildman–Crippen MR) is 101 cm³/mol. The van der Waals surface area contributed by atoms with E-state index in [1.54, 1.807) is 6.07 Å². The maximum absolute atomic E-state index is 12.3. The van der Waals surface area contributed by atoms with Gasteiger partial charge in [-0.1, -0.05) is 6.92 Å². The van der Waals surface area contributed by atoms with Gasteiger partial charge in [0.1, 0.15) is 0 Å². The SMILES string of the molecule is CCNCCNC(=O)CCNS(=O)(=O)c1ccc2c(c1)OCCCO2.Cl. The summed E-state index contributed by atoms with van der Waals surface area (Å²) in [5.74, 6) is 0.761. The van der Waals surface area contributed by atoms with E-state index in [1.807, 2.05) is 6.92 Å². The smallest absolute Gasteiger partial charge is 0.240 e. The zero-order valence-corrected chi connectivity index (χ0v) is 16.4. The number of hydrogen-bond acceptors (Lipinski definition) is 6. The number of likely N-dealkylation sites (N-methyl/N-ethyl adjacent to an activating group) is 1. The first-order valence-corrected chi connectivity index (χ1v) is 9.88. The molecule has 1 aromatic carbocycles. The van der Waals surface area contributed by atoms with E-state index in [0.29, 0.717) is 37.8 Å². The van der Waals surface area contributed by atoms with Gasteiger partial charge in [-0.05, 0) is 18.7 Å². The first kappa shape index (κ1) is 22.5. The van der Waals surface area contributed by atoms with Gasteiger partial charge in [0.05, 0.1) is 18.1 Å². The lowest BCUT2D eigenvalue weighted by Gasteiger charge is -2.11. The van der Waals surface area contributed by atoms with Gasteiger partial charge in [0.25, 0.3) is 0 Å². The summed E-state index contributed by atoms with van der Waals surface area (Å²) in [5, 5.41) is 5.81. The molecule has 0 atom stereocenters. The van der Waals surface area contributed by atoms with Crippen LogP contribution in [-0.2, 0) is 14.8 Å². The summed E-state index contributed by atoms with van der Waals surface area (Å²) < 4.78 is 38.1. The molecule has 1 amide bonds. The fourth-order valence-electron chi connectivity index (χ4n) is 2.25. The first-order chi connectivity index (χ1) is 12.0. The van der Waals surface area contributed by atoms with Gasteiger partial charge in [0, 0.05) is 38.5 Å². The Labute approximate surface area is 160 Å². The largest absolute Gasteiger partial charge is 0.490 e. The van der Waals surface area contributed by atoms with Gasteiger partial charge in [-0.3, -0.25) is 4.79 Å². The molecule has 0 fully saturated rings. The van der Waals surface area contributed by atoms with Crippen molar-refractivity contribution in [2.24, 2.45) is 0 Å². The van der Waals surface area contributed by atoms with Crippen molar-refractivity contribution < 1.29 is 22.7 Å². The molecule has 26 heavy (non-hydrogen) atoms. The molecule has 0 radical (unpaired) electrons. The molecule has 0 bridgehead atoms. The lowest BCUT2D eigenvalue weighted by Crippen LogP contribution is -2.34. The van der Waals surface area contributed by atoms with Crippen molar-refractivity contribution in [3.05, 3.63) is 18.2 Å². The van der Waals surface area contributed by atoms with E-state index in [1.165, 1.54) is 12.1 Å². The molecule has 0 spiro atoms. The number of hydrogen-bond donors (Lipinski definition) is 3. The van der Waals surface area contributed by atoms with E-state index in [2.05, 4.69) is 15.4 Å². The molecule has 10 heteroatoms. The Morgan fingerprint density at radius 1 is 1.12 bits per heavy atom. The monoisotopic (exact) mass is 407 g/mol. The maximum atomic E-state index is 12.3. The lowest BCUT2D eigenvalue weighted by atomic mass is 10.3. The van der Waals surface area contributed by atoms with Crippen LogP contribution in [0.5, 0.6) is 11.5 Å². The number of carbonyl (C=O) groups is 1. The molecule has 0 aliphatic carbocycles. The minimum Gasteiger partial charge on any atom is -0.490 e. The van der Waals surface area contributed by atoms with Crippen LogP contribution < -0.4 is 24.8 Å². The van der Waals surface area contributed by atoms with Crippen molar-refractivity contribution >= 4 is 28.3 Å². The number of fused-ring (bicyclic) bond motifs is 1. The minimum absolute atomic E-state index is 0. The Balaban J connectivity index is 0.00000338. The van der Waals surface area contributed by atoms with Gasteiger partial charge in [-0.15, -0.1) is 12.4 Å². The molecule has 1 heterocycles. The third-order valence-electron chi connectivity index (χ3n) is 3.55. The predicted octanol–water partition coefficient (Wildman–Crippen LogP) is 0.664. The van der Waals surface area contributed by atoms with Crippen molar-refractivity contribution in [1.29, 1.82) is 0 Å². The summed E-state index contributed by atoms with van der Waals surface area (Å²) in [6.07, 6.45) is 0.827. The quantitative estimate of drug-likeness (QED) is 0.519. The molecule has 0 saturated heterocycles. The van der Waals surface area contributed by atoms with E-state index in [0.717, 1.165) is 13.0 Å². The van der Waals surface area contributed by atoms with Crippen molar-refractivity contribution in [3.63, 3.8) is 0 Å². The van der Waals surface area contributed by atoms with Gasteiger partial charge in [0.15, 0.2) is 11.5 Å². The van der Waals surface area contributed by atoms with E-state index < -0.39 is 10.0 Å². The molecule has 148 valence electrons. The fourth-order valence-corrected chi connectivity index (χ4v) is 3.30. The van der Waals surface area contributed by atoms with Crippen molar-refractivity contribution in [3.8, 4) is 11.5 Å². The van der Waals surface area contributed by atoms with Crippen LogP contribution in [0.15, 0.2) is 23.1 Å². The highest BCUT2D eigenvalue weighted by atomic mass is 35.5. The Hall–Kier alpha value is -1.55. The van der Waals surface area contributed by atoms with Crippen LogP contribution in [-0.4, -0.2) is 53.7 Å². The maximum Gasteiger partial charge on any atom is 0.240 e. The summed E-state index contributed by atoms with van der Waals surface area (Å²) in [6.45, 7) is 5.08. The number of amides is 1. The Morgan fingerprint density at radius 2 is 1.85 bits per heavy atom. The van der Waals surface area contributed by atoms with E-state index in [9.17, 15) is 13.2 Å². The zero-order chi connectivity index (χ0) is 18.1. The second kappa shape index (κ2) is 11.2. The highest BCUT2D eigenvalue weighted by molar-refractivity contribution is 7.89. The van der Waals surface area contributed by atoms with Crippen LogP contribution in [0.25, 0.3) is 0 Å². The summed E-state index contributed by atoms with van der Waals surface area (Å²) in [7, 11) is -3.71. The van der Waals surface area contributed by atoms with Crippen LogP contribution in [0, 0.1) is 0 Å². The standard InChI is InChI=1S/C16H25N3O5S.ClH/c1-2-17-8-9-18-16(20)6-7-19-25(21,22)13-4-5-14-15(12-13)24-11-3-10-23-14;/h4-5,12,17,19H,2-3,6-11H2,1H3,(H,18,20);1H. The van der Waals surface area contributed by atoms with Gasteiger partial charge in [0.2, 0.25) is 15.9 Å².